The molecule has 0 amide bonds. The molecule has 0 bridgehead atoms. The third kappa shape index (κ3) is 2.95. The Morgan fingerprint density at radius 3 is 1.85 bits per heavy atom. The van der Waals surface area contributed by atoms with Crippen LogP contribution in [0.25, 0.3) is 0 Å². The third-order valence-electron chi connectivity index (χ3n) is 4.79. The van der Waals surface area contributed by atoms with Crippen molar-refractivity contribution in [2.75, 3.05) is 0 Å². The molecular formula is C20H26. The first-order chi connectivity index (χ1) is 9.40. The molecule has 0 nitrogen and oxygen atoms in total. The molecule has 0 saturated heterocycles. The quantitative estimate of drug-likeness (QED) is 0.705. The van der Waals surface area contributed by atoms with E-state index in [9.17, 15) is 0 Å². The molecular weight excluding hydrogens is 240 g/mol. The van der Waals surface area contributed by atoms with Crippen molar-refractivity contribution in [3.63, 3.8) is 0 Å². The minimum atomic E-state index is 1.14. The molecule has 0 N–H and O–H groups in total. The smallest absolute Gasteiger partial charge is 0.0235 e. The summed E-state index contributed by atoms with van der Waals surface area (Å²) in [5.41, 5.74) is 11.5. The molecule has 2 rings (SSSR count). The van der Waals surface area contributed by atoms with Crippen LogP contribution >= 0.6 is 0 Å². The molecule has 0 heteroatoms. The lowest BCUT2D eigenvalue weighted by Crippen LogP contribution is -2.00. The maximum atomic E-state index is 2.36. The normalized spacial score (nSPS) is 10.9. The molecule has 106 valence electrons. The van der Waals surface area contributed by atoms with Gasteiger partial charge in [-0.25, -0.2) is 0 Å². The highest BCUT2D eigenvalue weighted by Crippen LogP contribution is 2.21. The van der Waals surface area contributed by atoms with Crippen molar-refractivity contribution >= 4 is 0 Å². The summed E-state index contributed by atoms with van der Waals surface area (Å²) in [6.07, 6.45) is 2.27. The van der Waals surface area contributed by atoms with Crippen LogP contribution in [-0.2, 0) is 12.8 Å². The fourth-order valence-corrected chi connectivity index (χ4v) is 2.84. The lowest BCUT2D eigenvalue weighted by Gasteiger charge is -2.13. The van der Waals surface area contributed by atoms with Gasteiger partial charge in [-0.2, -0.15) is 0 Å². The fourth-order valence-electron chi connectivity index (χ4n) is 2.84. The van der Waals surface area contributed by atoms with Crippen LogP contribution in [-0.4, -0.2) is 0 Å². The van der Waals surface area contributed by atoms with E-state index < -0.39 is 0 Å². The van der Waals surface area contributed by atoms with Gasteiger partial charge in [0.05, 0.1) is 0 Å². The summed E-state index contributed by atoms with van der Waals surface area (Å²) in [5, 5.41) is 0. The van der Waals surface area contributed by atoms with Gasteiger partial charge in [0.15, 0.2) is 0 Å². The predicted molar refractivity (Wildman–Crippen MR) is 88.7 cm³/mol. The summed E-state index contributed by atoms with van der Waals surface area (Å²) in [5.74, 6) is 0. The molecule has 0 heterocycles. The summed E-state index contributed by atoms with van der Waals surface area (Å²) < 4.78 is 0. The van der Waals surface area contributed by atoms with Crippen molar-refractivity contribution in [1.29, 1.82) is 0 Å². The Bertz CT molecular complexity index is 631. The summed E-state index contributed by atoms with van der Waals surface area (Å²) in [4.78, 5) is 0. The van der Waals surface area contributed by atoms with E-state index in [2.05, 4.69) is 65.8 Å². The molecule has 0 saturated carbocycles. The Labute approximate surface area is 123 Å². The molecule has 0 unspecified atom stereocenters. The monoisotopic (exact) mass is 266 g/mol. The fraction of sp³-hybridized carbons (Fsp3) is 0.400. The lowest BCUT2D eigenvalue weighted by molar-refractivity contribution is 0.930. The van der Waals surface area contributed by atoms with Crippen LogP contribution in [0.2, 0.25) is 0 Å². The third-order valence-corrected chi connectivity index (χ3v) is 4.79. The molecule has 0 aromatic heterocycles. The minimum Gasteiger partial charge on any atom is -0.0588 e. The van der Waals surface area contributed by atoms with Crippen molar-refractivity contribution in [1.82, 2.24) is 0 Å². The second kappa shape index (κ2) is 5.83. The number of aryl methyl sites for hydroxylation is 6. The lowest BCUT2D eigenvalue weighted by atomic mass is 9.92. The zero-order valence-corrected chi connectivity index (χ0v) is 13.7. The SMILES string of the molecule is Cc1cc(C)c(CCc2ccc(C)c(C)c2C)cc1C. The molecule has 0 radical (unpaired) electrons. The van der Waals surface area contributed by atoms with Crippen molar-refractivity contribution in [3.8, 4) is 0 Å². The first kappa shape index (κ1) is 14.8. The largest absolute Gasteiger partial charge is 0.0588 e. The molecule has 0 aliphatic heterocycles. The first-order valence-electron chi connectivity index (χ1n) is 7.52. The molecule has 0 aliphatic rings. The van der Waals surface area contributed by atoms with Gasteiger partial charge in [0, 0.05) is 0 Å². The summed E-state index contributed by atoms with van der Waals surface area (Å²) in [7, 11) is 0. The zero-order valence-electron chi connectivity index (χ0n) is 13.7. The van der Waals surface area contributed by atoms with Gasteiger partial charge in [0.2, 0.25) is 0 Å². The van der Waals surface area contributed by atoms with Crippen LogP contribution in [0.15, 0.2) is 24.3 Å². The van der Waals surface area contributed by atoms with Crippen molar-refractivity contribution in [3.05, 3.63) is 68.8 Å². The second-order valence-corrected chi connectivity index (χ2v) is 6.15. The second-order valence-electron chi connectivity index (χ2n) is 6.15. The average Bonchev–Trinajstić information content (AvgIpc) is 2.40. The van der Waals surface area contributed by atoms with Gasteiger partial charge in [-0.15, -0.1) is 0 Å². The number of rotatable bonds is 3. The Morgan fingerprint density at radius 1 is 0.550 bits per heavy atom. The Hall–Kier alpha value is -1.56. The van der Waals surface area contributed by atoms with Gasteiger partial charge in [0.25, 0.3) is 0 Å². The van der Waals surface area contributed by atoms with E-state index in [1.54, 1.807) is 0 Å². The summed E-state index contributed by atoms with van der Waals surface area (Å²) in [6, 6.07) is 9.23. The van der Waals surface area contributed by atoms with E-state index in [4.69, 9.17) is 0 Å². The van der Waals surface area contributed by atoms with Crippen molar-refractivity contribution in [2.24, 2.45) is 0 Å². The molecule has 2 aromatic rings. The summed E-state index contributed by atoms with van der Waals surface area (Å²) >= 11 is 0. The topological polar surface area (TPSA) is 0 Å². The standard InChI is InChI=1S/C20H26/c1-13-7-8-19(18(6)17(13)5)9-10-20-12-15(3)14(2)11-16(20)4/h7-8,11-12H,9-10H2,1-6H3. The molecule has 0 spiro atoms. The zero-order chi connectivity index (χ0) is 14.9. The van der Waals surface area contributed by atoms with Crippen LogP contribution in [0.1, 0.15) is 44.5 Å². The maximum Gasteiger partial charge on any atom is -0.0235 e. The van der Waals surface area contributed by atoms with Gasteiger partial charge in [-0.3, -0.25) is 0 Å². The molecule has 0 aliphatic carbocycles. The van der Waals surface area contributed by atoms with E-state index in [1.165, 1.54) is 44.5 Å². The van der Waals surface area contributed by atoms with E-state index in [1.807, 2.05) is 0 Å². The minimum absolute atomic E-state index is 1.14. The maximum absolute atomic E-state index is 2.36. The number of hydrogen-bond acceptors (Lipinski definition) is 0. The van der Waals surface area contributed by atoms with Gasteiger partial charge in [0.1, 0.15) is 0 Å². The van der Waals surface area contributed by atoms with E-state index >= 15 is 0 Å². The average molecular weight is 266 g/mol. The molecule has 0 atom stereocenters. The predicted octanol–water partition coefficient (Wildman–Crippen LogP) is 5.32. The summed E-state index contributed by atoms with van der Waals surface area (Å²) in [6.45, 7) is 13.3. The first-order valence-corrected chi connectivity index (χ1v) is 7.52. The molecule has 20 heavy (non-hydrogen) atoms. The highest BCUT2D eigenvalue weighted by molar-refractivity contribution is 5.40. The van der Waals surface area contributed by atoms with Crippen LogP contribution in [0.4, 0.5) is 0 Å². The number of benzene rings is 2. The number of hydrogen-bond donors (Lipinski definition) is 0. The van der Waals surface area contributed by atoms with Crippen LogP contribution in [0.5, 0.6) is 0 Å². The highest BCUT2D eigenvalue weighted by atomic mass is 14.1. The van der Waals surface area contributed by atoms with Crippen LogP contribution < -0.4 is 0 Å². The Balaban J connectivity index is 2.21. The Morgan fingerprint density at radius 2 is 1.15 bits per heavy atom. The molecule has 2 aromatic carbocycles. The van der Waals surface area contributed by atoms with Gasteiger partial charge in [-0.05, 0) is 98.9 Å². The van der Waals surface area contributed by atoms with Crippen molar-refractivity contribution < 1.29 is 0 Å². The van der Waals surface area contributed by atoms with Crippen LogP contribution in [0, 0.1) is 41.5 Å². The van der Waals surface area contributed by atoms with Gasteiger partial charge in [-0.1, -0.05) is 24.3 Å². The van der Waals surface area contributed by atoms with Crippen LogP contribution in [0.3, 0.4) is 0 Å². The van der Waals surface area contributed by atoms with E-state index in [0.29, 0.717) is 0 Å². The van der Waals surface area contributed by atoms with E-state index in [-0.39, 0.29) is 0 Å². The Kier molecular flexibility index (Phi) is 4.32. The van der Waals surface area contributed by atoms with Gasteiger partial charge < -0.3 is 0 Å². The molecule has 0 fully saturated rings. The highest BCUT2D eigenvalue weighted by Gasteiger charge is 2.06. The van der Waals surface area contributed by atoms with E-state index in [0.717, 1.165) is 12.8 Å². The van der Waals surface area contributed by atoms with Gasteiger partial charge >= 0.3 is 0 Å². The van der Waals surface area contributed by atoms with Crippen molar-refractivity contribution in [2.45, 2.75) is 54.4 Å².